The molecule has 0 bridgehead atoms. The normalized spacial score (nSPS) is 14.8. The molecule has 1 aromatic carbocycles. The third kappa shape index (κ3) is 3.33. The zero-order chi connectivity index (χ0) is 18.1. The quantitative estimate of drug-likeness (QED) is 0.611. The second kappa shape index (κ2) is 6.54. The van der Waals surface area contributed by atoms with Crippen LogP contribution in [0.1, 0.15) is 41.9 Å². The van der Waals surface area contributed by atoms with Crippen molar-refractivity contribution < 1.29 is 18.5 Å². The van der Waals surface area contributed by atoms with Crippen LogP contribution in [0.5, 0.6) is 0 Å². The molecule has 1 atom stereocenters. The number of amides is 1. The molecule has 1 heterocycles. The molecule has 0 aliphatic heterocycles. The van der Waals surface area contributed by atoms with Crippen LogP contribution < -0.4 is 0 Å². The first-order valence-electron chi connectivity index (χ1n) is 7.77. The summed E-state index contributed by atoms with van der Waals surface area (Å²) in [4.78, 5) is 28.9. The van der Waals surface area contributed by atoms with E-state index in [-0.39, 0.29) is 6.04 Å². The number of pyridine rings is 1. The predicted octanol–water partition coefficient (Wildman–Crippen LogP) is 3.63. The lowest BCUT2D eigenvalue weighted by Gasteiger charge is -2.29. The van der Waals surface area contributed by atoms with Crippen LogP contribution in [0.3, 0.4) is 0 Å². The molecule has 1 aromatic heterocycles. The Bertz CT molecular complexity index is 825. The lowest BCUT2D eigenvalue weighted by molar-refractivity contribution is -0.385. The Morgan fingerprint density at radius 1 is 1.32 bits per heavy atom. The SMILES string of the molecule is CC(c1ccccn1)N(C(=O)c1cc(F)c(F)cc1[N+](=O)[O-])C1CC1. The van der Waals surface area contributed by atoms with Gasteiger partial charge in [-0.2, -0.15) is 0 Å². The van der Waals surface area contributed by atoms with Crippen molar-refractivity contribution in [2.24, 2.45) is 0 Å². The number of benzene rings is 1. The summed E-state index contributed by atoms with van der Waals surface area (Å²) < 4.78 is 27.0. The van der Waals surface area contributed by atoms with Crippen LogP contribution in [0.15, 0.2) is 36.5 Å². The van der Waals surface area contributed by atoms with Crippen LogP contribution in [0, 0.1) is 21.7 Å². The highest BCUT2D eigenvalue weighted by atomic mass is 19.2. The predicted molar refractivity (Wildman–Crippen MR) is 84.9 cm³/mol. The Balaban J connectivity index is 2.02. The minimum Gasteiger partial charge on any atom is -0.327 e. The lowest BCUT2D eigenvalue weighted by atomic mass is 10.1. The van der Waals surface area contributed by atoms with E-state index in [2.05, 4.69) is 4.98 Å². The zero-order valence-corrected chi connectivity index (χ0v) is 13.4. The standard InChI is InChI=1S/C17H15F2N3O3/c1-10(15-4-2-3-7-20-15)21(11-5-6-11)17(23)12-8-13(18)14(19)9-16(12)22(24)25/h2-4,7-11H,5-6H2,1H3. The first kappa shape index (κ1) is 16.9. The smallest absolute Gasteiger partial charge is 0.285 e. The Morgan fingerprint density at radius 2 is 2.00 bits per heavy atom. The van der Waals surface area contributed by atoms with Gasteiger partial charge in [0, 0.05) is 12.2 Å². The topological polar surface area (TPSA) is 76.3 Å². The highest BCUT2D eigenvalue weighted by Crippen LogP contribution is 2.36. The summed E-state index contributed by atoms with van der Waals surface area (Å²) in [6.45, 7) is 1.75. The van der Waals surface area contributed by atoms with Crippen molar-refractivity contribution in [3.05, 3.63) is 69.5 Å². The van der Waals surface area contributed by atoms with E-state index in [9.17, 15) is 23.7 Å². The molecule has 6 nitrogen and oxygen atoms in total. The highest BCUT2D eigenvalue weighted by Gasteiger charge is 2.39. The maximum atomic E-state index is 13.6. The molecule has 130 valence electrons. The molecule has 1 fully saturated rings. The van der Waals surface area contributed by atoms with Crippen LogP contribution in [-0.4, -0.2) is 26.8 Å². The van der Waals surface area contributed by atoms with Gasteiger partial charge in [-0.05, 0) is 38.0 Å². The minimum atomic E-state index is -1.36. The molecule has 0 spiro atoms. The molecule has 2 aromatic rings. The minimum absolute atomic E-state index is 0.0998. The lowest BCUT2D eigenvalue weighted by Crippen LogP contribution is -2.36. The number of nitro groups is 1. The van der Waals surface area contributed by atoms with Crippen molar-refractivity contribution in [1.29, 1.82) is 0 Å². The number of hydrogen-bond donors (Lipinski definition) is 0. The maximum absolute atomic E-state index is 13.6. The molecule has 8 heteroatoms. The summed E-state index contributed by atoms with van der Waals surface area (Å²) >= 11 is 0. The summed E-state index contributed by atoms with van der Waals surface area (Å²) in [6, 6.07) is 5.74. The number of nitrogens with zero attached hydrogens (tertiary/aromatic N) is 3. The van der Waals surface area contributed by atoms with Crippen molar-refractivity contribution in [1.82, 2.24) is 9.88 Å². The average Bonchev–Trinajstić information content (AvgIpc) is 3.42. The fourth-order valence-electron chi connectivity index (χ4n) is 2.77. The third-order valence-electron chi connectivity index (χ3n) is 4.17. The fraction of sp³-hybridized carbons (Fsp3) is 0.294. The fourth-order valence-corrected chi connectivity index (χ4v) is 2.77. The molecule has 1 amide bonds. The molecule has 25 heavy (non-hydrogen) atoms. The summed E-state index contributed by atoms with van der Waals surface area (Å²) in [5, 5.41) is 11.2. The molecule has 1 aliphatic carbocycles. The van der Waals surface area contributed by atoms with Gasteiger partial charge < -0.3 is 4.90 Å². The average molecular weight is 347 g/mol. The molecule has 0 radical (unpaired) electrons. The summed E-state index contributed by atoms with van der Waals surface area (Å²) in [5.74, 6) is -3.36. The molecule has 1 saturated carbocycles. The molecule has 1 unspecified atom stereocenters. The molecular weight excluding hydrogens is 332 g/mol. The Morgan fingerprint density at radius 3 is 2.56 bits per heavy atom. The second-order valence-corrected chi connectivity index (χ2v) is 5.91. The number of nitro benzene ring substituents is 1. The number of carbonyl (C=O) groups excluding carboxylic acids is 1. The van der Waals surface area contributed by atoms with Gasteiger partial charge in [0.1, 0.15) is 5.56 Å². The van der Waals surface area contributed by atoms with Crippen molar-refractivity contribution >= 4 is 11.6 Å². The molecule has 0 N–H and O–H groups in total. The summed E-state index contributed by atoms with van der Waals surface area (Å²) in [6.07, 6.45) is 3.09. The van der Waals surface area contributed by atoms with E-state index in [1.807, 2.05) is 0 Å². The zero-order valence-electron chi connectivity index (χ0n) is 13.4. The summed E-state index contributed by atoms with van der Waals surface area (Å²) in [5.41, 5.74) is -0.589. The van der Waals surface area contributed by atoms with Gasteiger partial charge in [-0.15, -0.1) is 0 Å². The third-order valence-corrected chi connectivity index (χ3v) is 4.17. The molecule has 0 saturated heterocycles. The van der Waals surface area contributed by atoms with Gasteiger partial charge >= 0.3 is 0 Å². The van der Waals surface area contributed by atoms with Gasteiger partial charge in [-0.1, -0.05) is 6.07 Å². The largest absolute Gasteiger partial charge is 0.327 e. The van der Waals surface area contributed by atoms with Gasteiger partial charge in [0.2, 0.25) is 0 Å². The van der Waals surface area contributed by atoms with Crippen molar-refractivity contribution in [3.8, 4) is 0 Å². The van der Waals surface area contributed by atoms with Gasteiger partial charge in [0.05, 0.1) is 22.7 Å². The maximum Gasteiger partial charge on any atom is 0.285 e. The van der Waals surface area contributed by atoms with Crippen LogP contribution in [0.2, 0.25) is 0 Å². The molecule has 1 aliphatic rings. The van der Waals surface area contributed by atoms with Crippen molar-refractivity contribution in [2.45, 2.75) is 31.8 Å². The Labute approximate surface area is 142 Å². The highest BCUT2D eigenvalue weighted by molar-refractivity contribution is 5.98. The number of halogens is 2. The van der Waals surface area contributed by atoms with E-state index in [4.69, 9.17) is 0 Å². The van der Waals surface area contributed by atoms with Gasteiger partial charge in [0.25, 0.3) is 11.6 Å². The second-order valence-electron chi connectivity index (χ2n) is 5.91. The molecule has 3 rings (SSSR count). The summed E-state index contributed by atoms with van der Waals surface area (Å²) in [7, 11) is 0. The first-order valence-corrected chi connectivity index (χ1v) is 7.77. The molecular formula is C17H15F2N3O3. The first-order chi connectivity index (χ1) is 11.9. The number of hydrogen-bond acceptors (Lipinski definition) is 4. The van der Waals surface area contributed by atoms with E-state index in [1.165, 1.54) is 4.90 Å². The van der Waals surface area contributed by atoms with Crippen molar-refractivity contribution in [3.63, 3.8) is 0 Å². The van der Waals surface area contributed by atoms with Crippen molar-refractivity contribution in [2.75, 3.05) is 0 Å². The van der Waals surface area contributed by atoms with Crippen LogP contribution >= 0.6 is 0 Å². The number of carbonyl (C=O) groups is 1. The number of rotatable bonds is 5. The Kier molecular flexibility index (Phi) is 4.43. The van der Waals surface area contributed by atoms with Crippen LogP contribution in [0.25, 0.3) is 0 Å². The van der Waals surface area contributed by atoms with E-state index < -0.39 is 39.8 Å². The van der Waals surface area contributed by atoms with Crippen LogP contribution in [0.4, 0.5) is 14.5 Å². The van der Waals surface area contributed by atoms with Crippen LogP contribution in [-0.2, 0) is 0 Å². The van der Waals surface area contributed by atoms with E-state index in [1.54, 1.807) is 31.3 Å². The monoisotopic (exact) mass is 347 g/mol. The van der Waals surface area contributed by atoms with E-state index >= 15 is 0 Å². The van der Waals surface area contributed by atoms with Gasteiger partial charge in [-0.3, -0.25) is 19.9 Å². The Hall–Kier alpha value is -2.90. The van der Waals surface area contributed by atoms with Gasteiger partial charge in [-0.25, -0.2) is 8.78 Å². The van der Waals surface area contributed by atoms with Gasteiger partial charge in [0.15, 0.2) is 11.6 Å². The number of aromatic nitrogens is 1. The van der Waals surface area contributed by atoms with E-state index in [0.717, 1.165) is 12.8 Å². The van der Waals surface area contributed by atoms with E-state index in [0.29, 0.717) is 17.8 Å².